The van der Waals surface area contributed by atoms with Crippen molar-refractivity contribution in [2.45, 2.75) is 50.0 Å². The van der Waals surface area contributed by atoms with Gasteiger partial charge in [0.2, 0.25) is 10.0 Å². The molecule has 144 valence electrons. The maximum atomic E-state index is 12.8. The van der Waals surface area contributed by atoms with Crippen LogP contribution in [0.15, 0.2) is 29.2 Å². The predicted molar refractivity (Wildman–Crippen MR) is 102 cm³/mol. The van der Waals surface area contributed by atoms with Crippen molar-refractivity contribution in [2.75, 3.05) is 26.2 Å². The van der Waals surface area contributed by atoms with E-state index in [4.69, 9.17) is 0 Å². The van der Waals surface area contributed by atoms with Crippen molar-refractivity contribution in [3.63, 3.8) is 0 Å². The third-order valence-corrected chi connectivity index (χ3v) is 7.44. The van der Waals surface area contributed by atoms with Gasteiger partial charge in [0.15, 0.2) is 0 Å². The van der Waals surface area contributed by atoms with Gasteiger partial charge < -0.3 is 10.6 Å². The molecule has 2 heterocycles. The van der Waals surface area contributed by atoms with Crippen LogP contribution in [0, 0.1) is 5.92 Å². The molecular formula is C19H29N3O3S. The van der Waals surface area contributed by atoms with Crippen molar-refractivity contribution in [1.29, 1.82) is 0 Å². The molecule has 1 amide bonds. The van der Waals surface area contributed by atoms with Gasteiger partial charge in [-0.1, -0.05) is 6.42 Å². The lowest BCUT2D eigenvalue weighted by atomic mass is 10.00. The Balaban J connectivity index is 1.62. The Hall–Kier alpha value is -1.44. The molecular weight excluding hydrogens is 350 g/mol. The Morgan fingerprint density at radius 3 is 2.62 bits per heavy atom. The minimum Gasteiger partial charge on any atom is -0.352 e. The molecule has 3 rings (SSSR count). The van der Waals surface area contributed by atoms with Crippen LogP contribution in [0.4, 0.5) is 0 Å². The van der Waals surface area contributed by atoms with Crippen LogP contribution in [0.2, 0.25) is 0 Å². The third kappa shape index (κ3) is 4.45. The van der Waals surface area contributed by atoms with Crippen LogP contribution in [-0.4, -0.2) is 50.9 Å². The number of sulfonamides is 1. The standard InChI is InChI=1S/C19H29N3O3S/c1-15-5-2-3-12-22(15)26(24,25)18-9-7-17(8-10-18)19(23)21-14-16-6-4-11-20-13-16/h7-10,15-16,20H,2-6,11-14H2,1H3,(H,21,23). The van der Waals surface area contributed by atoms with E-state index < -0.39 is 10.0 Å². The second-order valence-electron chi connectivity index (χ2n) is 7.41. The summed E-state index contributed by atoms with van der Waals surface area (Å²) in [4.78, 5) is 12.6. The van der Waals surface area contributed by atoms with Gasteiger partial charge >= 0.3 is 0 Å². The van der Waals surface area contributed by atoms with Gasteiger partial charge in [-0.3, -0.25) is 4.79 Å². The summed E-state index contributed by atoms with van der Waals surface area (Å²) in [5, 5.41) is 6.29. The molecule has 2 N–H and O–H groups in total. The largest absolute Gasteiger partial charge is 0.352 e. The van der Waals surface area contributed by atoms with Crippen LogP contribution in [0.5, 0.6) is 0 Å². The first-order valence-electron chi connectivity index (χ1n) is 9.59. The van der Waals surface area contributed by atoms with Gasteiger partial charge in [-0.05, 0) is 75.9 Å². The van der Waals surface area contributed by atoms with E-state index in [-0.39, 0.29) is 16.8 Å². The molecule has 0 radical (unpaired) electrons. The van der Waals surface area contributed by atoms with Crippen molar-refractivity contribution in [3.8, 4) is 0 Å². The number of hydrogen-bond donors (Lipinski definition) is 2. The summed E-state index contributed by atoms with van der Waals surface area (Å²) in [6.07, 6.45) is 5.14. The van der Waals surface area contributed by atoms with E-state index in [0.29, 0.717) is 24.6 Å². The van der Waals surface area contributed by atoms with Crippen LogP contribution < -0.4 is 10.6 Å². The molecule has 0 saturated carbocycles. The van der Waals surface area contributed by atoms with Crippen molar-refractivity contribution in [1.82, 2.24) is 14.9 Å². The molecule has 2 fully saturated rings. The minimum absolute atomic E-state index is 0.0285. The van der Waals surface area contributed by atoms with E-state index in [1.54, 1.807) is 28.6 Å². The summed E-state index contributed by atoms with van der Waals surface area (Å²) >= 11 is 0. The summed E-state index contributed by atoms with van der Waals surface area (Å²) in [7, 11) is -3.49. The summed E-state index contributed by atoms with van der Waals surface area (Å²) < 4.78 is 27.2. The molecule has 1 aromatic rings. The van der Waals surface area contributed by atoms with E-state index in [1.807, 2.05) is 6.92 Å². The van der Waals surface area contributed by atoms with Crippen LogP contribution in [0.1, 0.15) is 49.4 Å². The van der Waals surface area contributed by atoms with Crippen molar-refractivity contribution in [3.05, 3.63) is 29.8 Å². The van der Waals surface area contributed by atoms with Crippen molar-refractivity contribution >= 4 is 15.9 Å². The average Bonchev–Trinajstić information content (AvgIpc) is 2.67. The number of benzene rings is 1. The zero-order chi connectivity index (χ0) is 18.6. The molecule has 2 aliphatic heterocycles. The lowest BCUT2D eigenvalue weighted by Crippen LogP contribution is -2.41. The Morgan fingerprint density at radius 2 is 1.96 bits per heavy atom. The van der Waals surface area contributed by atoms with Crippen molar-refractivity contribution in [2.24, 2.45) is 5.92 Å². The highest BCUT2D eigenvalue weighted by molar-refractivity contribution is 7.89. The molecule has 2 saturated heterocycles. The second kappa shape index (κ2) is 8.50. The van der Waals surface area contributed by atoms with Gasteiger partial charge in [-0.25, -0.2) is 8.42 Å². The quantitative estimate of drug-likeness (QED) is 0.820. The van der Waals surface area contributed by atoms with E-state index in [1.165, 1.54) is 0 Å². The molecule has 6 nitrogen and oxygen atoms in total. The SMILES string of the molecule is CC1CCCCN1S(=O)(=O)c1ccc(C(=O)NCC2CCCNC2)cc1. The normalized spacial score (nSPS) is 25.0. The Kier molecular flexibility index (Phi) is 6.32. The summed E-state index contributed by atoms with van der Waals surface area (Å²) in [5.41, 5.74) is 0.499. The number of piperidine rings is 2. The van der Waals surface area contributed by atoms with Crippen molar-refractivity contribution < 1.29 is 13.2 Å². The highest BCUT2D eigenvalue weighted by Crippen LogP contribution is 2.25. The van der Waals surface area contributed by atoms with Gasteiger partial charge in [0, 0.05) is 24.7 Å². The number of rotatable bonds is 5. The fourth-order valence-electron chi connectivity index (χ4n) is 3.78. The summed E-state index contributed by atoms with van der Waals surface area (Å²) in [5.74, 6) is 0.318. The van der Waals surface area contributed by atoms with Crippen LogP contribution >= 0.6 is 0 Å². The Morgan fingerprint density at radius 1 is 1.19 bits per heavy atom. The second-order valence-corrected chi connectivity index (χ2v) is 9.30. The number of amides is 1. The smallest absolute Gasteiger partial charge is 0.251 e. The molecule has 2 unspecified atom stereocenters. The molecule has 2 atom stereocenters. The molecule has 0 spiro atoms. The van der Waals surface area contributed by atoms with E-state index in [2.05, 4.69) is 10.6 Å². The highest BCUT2D eigenvalue weighted by atomic mass is 32.2. The topological polar surface area (TPSA) is 78.5 Å². The lowest BCUT2D eigenvalue weighted by Gasteiger charge is -2.32. The first kappa shape index (κ1) is 19.3. The Bertz CT molecular complexity index is 712. The first-order chi connectivity index (χ1) is 12.5. The number of nitrogens with zero attached hydrogens (tertiary/aromatic N) is 1. The fraction of sp³-hybridized carbons (Fsp3) is 0.632. The number of carbonyl (C=O) groups is 1. The summed E-state index contributed by atoms with van der Waals surface area (Å²) in [6.45, 7) is 5.17. The van der Waals surface area contributed by atoms with E-state index >= 15 is 0 Å². The number of hydrogen-bond acceptors (Lipinski definition) is 4. The van der Waals surface area contributed by atoms with E-state index in [0.717, 1.165) is 45.2 Å². The minimum atomic E-state index is -3.49. The number of nitrogens with one attached hydrogen (secondary N) is 2. The predicted octanol–water partition coefficient (Wildman–Crippen LogP) is 1.98. The molecule has 0 aliphatic carbocycles. The highest BCUT2D eigenvalue weighted by Gasteiger charge is 2.30. The molecule has 0 bridgehead atoms. The Labute approximate surface area is 156 Å². The van der Waals surface area contributed by atoms with Crippen LogP contribution in [0.25, 0.3) is 0 Å². The maximum absolute atomic E-state index is 12.8. The lowest BCUT2D eigenvalue weighted by molar-refractivity contribution is 0.0944. The molecule has 7 heteroatoms. The average molecular weight is 380 g/mol. The van der Waals surface area contributed by atoms with Crippen LogP contribution in [0.3, 0.4) is 0 Å². The van der Waals surface area contributed by atoms with Crippen LogP contribution in [-0.2, 0) is 10.0 Å². The zero-order valence-corrected chi connectivity index (χ0v) is 16.2. The van der Waals surface area contributed by atoms with E-state index in [9.17, 15) is 13.2 Å². The monoisotopic (exact) mass is 379 g/mol. The molecule has 26 heavy (non-hydrogen) atoms. The molecule has 1 aromatic carbocycles. The molecule has 0 aromatic heterocycles. The van der Waals surface area contributed by atoms with Gasteiger partial charge in [0.25, 0.3) is 5.91 Å². The zero-order valence-electron chi connectivity index (χ0n) is 15.4. The van der Waals surface area contributed by atoms with Gasteiger partial charge in [0.1, 0.15) is 0 Å². The summed E-state index contributed by atoms with van der Waals surface area (Å²) in [6, 6.07) is 6.34. The first-order valence-corrected chi connectivity index (χ1v) is 11.0. The maximum Gasteiger partial charge on any atom is 0.251 e. The van der Waals surface area contributed by atoms with Gasteiger partial charge in [-0.2, -0.15) is 4.31 Å². The van der Waals surface area contributed by atoms with Gasteiger partial charge in [0.05, 0.1) is 4.90 Å². The number of carbonyl (C=O) groups excluding carboxylic acids is 1. The molecule has 2 aliphatic rings. The third-order valence-electron chi connectivity index (χ3n) is 5.42. The van der Waals surface area contributed by atoms with Gasteiger partial charge in [-0.15, -0.1) is 0 Å². The fourth-order valence-corrected chi connectivity index (χ4v) is 5.48.